The van der Waals surface area contributed by atoms with E-state index in [0.717, 1.165) is 18.8 Å². The maximum Gasteiger partial charge on any atom is 0.247 e. The van der Waals surface area contributed by atoms with E-state index in [2.05, 4.69) is 18.7 Å². The van der Waals surface area contributed by atoms with Crippen LogP contribution >= 0.6 is 0 Å². The summed E-state index contributed by atoms with van der Waals surface area (Å²) in [6.07, 6.45) is 0. The predicted molar refractivity (Wildman–Crippen MR) is 64.9 cm³/mol. The molecule has 0 aliphatic heterocycles. The van der Waals surface area contributed by atoms with Gasteiger partial charge >= 0.3 is 0 Å². The van der Waals surface area contributed by atoms with Crippen molar-refractivity contribution in [1.82, 2.24) is 0 Å². The van der Waals surface area contributed by atoms with Crippen LogP contribution in [0.2, 0.25) is 0 Å². The molecule has 0 aromatic heterocycles. The van der Waals surface area contributed by atoms with Crippen molar-refractivity contribution in [2.75, 3.05) is 23.1 Å². The number of hydrogen-bond acceptors (Lipinski definition) is 3. The molecule has 0 aliphatic rings. The molecule has 0 atom stereocenters. The van der Waals surface area contributed by atoms with Crippen molar-refractivity contribution in [2.45, 2.75) is 20.8 Å². The van der Waals surface area contributed by atoms with E-state index >= 15 is 0 Å². The monoisotopic (exact) mass is 222 g/mol. The maximum atomic E-state index is 11.0. The first-order valence-electron chi connectivity index (χ1n) is 5.44. The topological polar surface area (TPSA) is 43.8 Å². The van der Waals surface area contributed by atoms with Crippen molar-refractivity contribution in [3.8, 4) is 0 Å². The Morgan fingerprint density at radius 3 is 2.31 bits per heavy atom. The van der Waals surface area contributed by atoms with E-state index in [-0.39, 0.29) is 0 Å². The van der Waals surface area contributed by atoms with Gasteiger partial charge in [-0.15, -0.1) is 0 Å². The Morgan fingerprint density at radius 2 is 1.81 bits per heavy atom. The van der Waals surface area contributed by atoms with Crippen molar-refractivity contribution in [2.24, 2.45) is 0 Å². The maximum absolute atomic E-state index is 11.0. The molecule has 0 saturated carbocycles. The molecule has 0 unspecified atom stereocenters. The van der Waals surface area contributed by atoms with E-state index in [0.29, 0.717) is 10.8 Å². The molecule has 0 radical (unpaired) electrons. The molecule has 0 saturated heterocycles. The van der Waals surface area contributed by atoms with Crippen LogP contribution in [-0.2, 0) is 4.79 Å². The minimum absolute atomic E-state index is 0.392. The third kappa shape index (κ3) is 2.73. The minimum atomic E-state index is -0.392. The van der Waals surface area contributed by atoms with Gasteiger partial charge in [0.2, 0.25) is 5.91 Å². The third-order valence-electron chi connectivity index (χ3n) is 2.50. The molecule has 1 N–H and O–H groups in total. The van der Waals surface area contributed by atoms with Gasteiger partial charge in [-0.3, -0.25) is 10.0 Å². The Balaban J connectivity index is 2.98. The van der Waals surface area contributed by atoms with Crippen LogP contribution in [-0.4, -0.2) is 24.2 Å². The Kier molecular flexibility index (Phi) is 4.31. The lowest BCUT2D eigenvalue weighted by Gasteiger charge is -2.22. The fraction of sp³-hybridized carbons (Fsp3) is 0.417. The van der Waals surface area contributed by atoms with Crippen LogP contribution in [0.1, 0.15) is 20.8 Å². The van der Waals surface area contributed by atoms with E-state index in [9.17, 15) is 10.0 Å². The highest BCUT2D eigenvalue weighted by Gasteiger charge is 2.09. The Bertz CT molecular complexity index is 362. The molecule has 1 aromatic carbocycles. The Labute approximate surface area is 96.1 Å². The van der Waals surface area contributed by atoms with Gasteiger partial charge in [0.1, 0.15) is 0 Å². The molecular weight excluding hydrogens is 204 g/mol. The zero-order valence-corrected chi connectivity index (χ0v) is 9.97. The molecule has 0 bridgehead atoms. The molecule has 16 heavy (non-hydrogen) atoms. The molecular formula is C12H18N2O2. The van der Waals surface area contributed by atoms with E-state index < -0.39 is 5.91 Å². The summed E-state index contributed by atoms with van der Waals surface area (Å²) in [5.41, 5.74) is 1.50. The second-order valence-corrected chi connectivity index (χ2v) is 3.52. The zero-order valence-electron chi connectivity index (χ0n) is 9.97. The Hall–Kier alpha value is -1.55. The van der Waals surface area contributed by atoms with Crippen LogP contribution in [0.25, 0.3) is 0 Å². The van der Waals surface area contributed by atoms with Gasteiger partial charge in [-0.05, 0) is 32.0 Å². The van der Waals surface area contributed by atoms with Crippen LogP contribution in [0.4, 0.5) is 11.4 Å². The highest BCUT2D eigenvalue weighted by Crippen LogP contribution is 2.21. The molecule has 1 aromatic rings. The molecule has 88 valence electrons. The second-order valence-electron chi connectivity index (χ2n) is 3.52. The number of benzene rings is 1. The summed E-state index contributed by atoms with van der Waals surface area (Å²) in [7, 11) is 0. The van der Waals surface area contributed by atoms with Crippen molar-refractivity contribution < 1.29 is 10.0 Å². The number of carbonyl (C=O) groups is 1. The lowest BCUT2D eigenvalue weighted by atomic mass is 10.2. The van der Waals surface area contributed by atoms with Crippen LogP contribution in [0.3, 0.4) is 0 Å². The van der Waals surface area contributed by atoms with Gasteiger partial charge in [-0.2, -0.15) is 5.06 Å². The van der Waals surface area contributed by atoms with Crippen molar-refractivity contribution in [3.05, 3.63) is 24.3 Å². The summed E-state index contributed by atoms with van der Waals surface area (Å²) >= 11 is 0. The normalized spacial score (nSPS) is 10.0. The highest BCUT2D eigenvalue weighted by molar-refractivity contribution is 5.89. The first kappa shape index (κ1) is 12.5. The van der Waals surface area contributed by atoms with E-state index in [1.54, 1.807) is 12.1 Å². The van der Waals surface area contributed by atoms with Gasteiger partial charge in [-0.25, -0.2) is 0 Å². The fourth-order valence-electron chi connectivity index (χ4n) is 1.59. The smallest absolute Gasteiger partial charge is 0.247 e. The summed E-state index contributed by atoms with van der Waals surface area (Å²) in [6, 6.07) is 7.29. The number of hydroxylamine groups is 1. The van der Waals surface area contributed by atoms with Gasteiger partial charge in [0.05, 0.1) is 5.69 Å². The predicted octanol–water partition coefficient (Wildman–Crippen LogP) is 2.27. The van der Waals surface area contributed by atoms with E-state index in [1.807, 2.05) is 12.1 Å². The number of anilines is 2. The highest BCUT2D eigenvalue weighted by atomic mass is 16.5. The molecule has 1 rings (SSSR count). The molecule has 0 aliphatic carbocycles. The number of nitrogens with zero attached hydrogens (tertiary/aromatic N) is 2. The van der Waals surface area contributed by atoms with E-state index in [1.165, 1.54) is 6.92 Å². The van der Waals surface area contributed by atoms with Crippen molar-refractivity contribution in [3.63, 3.8) is 0 Å². The van der Waals surface area contributed by atoms with Gasteiger partial charge < -0.3 is 4.90 Å². The van der Waals surface area contributed by atoms with Crippen LogP contribution in [0.5, 0.6) is 0 Å². The summed E-state index contributed by atoms with van der Waals surface area (Å²) in [4.78, 5) is 13.2. The number of amides is 1. The lowest BCUT2D eigenvalue weighted by molar-refractivity contribution is -0.121. The van der Waals surface area contributed by atoms with Crippen molar-refractivity contribution >= 4 is 17.3 Å². The second kappa shape index (κ2) is 5.51. The average molecular weight is 222 g/mol. The molecule has 0 fully saturated rings. The van der Waals surface area contributed by atoms with Crippen LogP contribution < -0.4 is 9.96 Å². The number of carbonyl (C=O) groups excluding carboxylic acids is 1. The molecule has 4 nitrogen and oxygen atoms in total. The number of hydrogen-bond donors (Lipinski definition) is 1. The molecule has 0 heterocycles. The minimum Gasteiger partial charge on any atom is -0.372 e. The van der Waals surface area contributed by atoms with Crippen LogP contribution in [0, 0.1) is 0 Å². The summed E-state index contributed by atoms with van der Waals surface area (Å²) in [5, 5.41) is 10.2. The fourth-order valence-corrected chi connectivity index (χ4v) is 1.59. The molecule has 1 amide bonds. The zero-order chi connectivity index (χ0) is 12.1. The molecule has 4 heteroatoms. The first-order chi connectivity index (χ1) is 7.60. The van der Waals surface area contributed by atoms with Crippen molar-refractivity contribution in [1.29, 1.82) is 0 Å². The largest absolute Gasteiger partial charge is 0.372 e. The first-order valence-corrected chi connectivity index (χ1v) is 5.44. The third-order valence-corrected chi connectivity index (χ3v) is 2.50. The number of rotatable bonds is 4. The molecule has 0 spiro atoms. The standard InChI is InChI=1S/C12H18N2O2/c1-4-13(5-2)11-7-6-8-12(9-11)14(16)10(3)15/h6-9,16H,4-5H2,1-3H3. The van der Waals surface area contributed by atoms with Gasteiger partial charge in [-0.1, -0.05) is 6.07 Å². The lowest BCUT2D eigenvalue weighted by Crippen LogP contribution is -2.25. The summed E-state index contributed by atoms with van der Waals surface area (Å²) < 4.78 is 0. The summed E-state index contributed by atoms with van der Waals surface area (Å²) in [6.45, 7) is 7.25. The van der Waals surface area contributed by atoms with Crippen LogP contribution in [0.15, 0.2) is 24.3 Å². The SMILES string of the molecule is CCN(CC)c1cccc(N(O)C(C)=O)c1. The summed E-state index contributed by atoms with van der Waals surface area (Å²) in [5.74, 6) is -0.392. The van der Waals surface area contributed by atoms with Gasteiger partial charge in [0.25, 0.3) is 0 Å². The van der Waals surface area contributed by atoms with E-state index in [4.69, 9.17) is 0 Å². The Morgan fingerprint density at radius 1 is 1.25 bits per heavy atom. The van der Waals surface area contributed by atoms with Gasteiger partial charge in [0.15, 0.2) is 0 Å². The quantitative estimate of drug-likeness (QED) is 0.628. The average Bonchev–Trinajstić information content (AvgIpc) is 2.30. The van der Waals surface area contributed by atoms with Gasteiger partial charge in [0, 0.05) is 25.7 Å².